The van der Waals surface area contributed by atoms with E-state index < -0.39 is 5.97 Å². The second-order valence-corrected chi connectivity index (χ2v) is 6.07. The van der Waals surface area contributed by atoms with E-state index >= 15 is 0 Å². The maximum atomic E-state index is 10.9. The zero-order chi connectivity index (χ0) is 14.8. The predicted molar refractivity (Wildman–Crippen MR) is 78.8 cm³/mol. The average Bonchev–Trinajstić information content (AvgIpc) is 2.89. The number of hydrogen-bond acceptors (Lipinski definition) is 4. The fraction of sp³-hybridized carbons (Fsp3) is 0.333. The molecule has 0 radical (unpaired) electrons. The Morgan fingerprint density at radius 2 is 2.10 bits per heavy atom. The quantitative estimate of drug-likeness (QED) is 0.917. The predicted octanol–water partition coefficient (Wildman–Crippen LogP) is 3.37. The lowest BCUT2D eigenvalue weighted by atomic mass is 9.86. The summed E-state index contributed by atoms with van der Waals surface area (Å²) in [6.07, 6.45) is 0.740. The number of thiazole rings is 1. The minimum absolute atomic E-state index is 0.109. The molecule has 4 nitrogen and oxygen atoms in total. The van der Waals surface area contributed by atoms with Gasteiger partial charge in [-0.2, -0.15) is 0 Å². The molecule has 0 amide bonds. The maximum absolute atomic E-state index is 10.9. The molecule has 0 saturated heterocycles. The number of hydrogen-bond donors (Lipinski definition) is 1. The van der Waals surface area contributed by atoms with Crippen molar-refractivity contribution < 1.29 is 14.6 Å². The van der Waals surface area contributed by atoms with Crippen molar-refractivity contribution in [1.29, 1.82) is 0 Å². The Balaban J connectivity index is 2.27. The highest BCUT2D eigenvalue weighted by molar-refractivity contribution is 7.10. The molecule has 0 saturated carbocycles. The van der Waals surface area contributed by atoms with E-state index in [-0.39, 0.29) is 11.1 Å². The number of carboxylic acid groups (broad SMARTS) is 1. The molecule has 0 aliphatic carbocycles. The van der Waals surface area contributed by atoms with Crippen molar-refractivity contribution in [3.8, 4) is 5.75 Å². The van der Waals surface area contributed by atoms with Crippen LogP contribution in [-0.2, 0) is 11.8 Å². The summed E-state index contributed by atoms with van der Waals surface area (Å²) in [5.74, 6) is -0.142. The second kappa shape index (κ2) is 5.63. The Morgan fingerprint density at radius 1 is 1.40 bits per heavy atom. The number of para-hydroxylation sites is 1. The van der Waals surface area contributed by atoms with Crippen molar-refractivity contribution in [1.82, 2.24) is 4.98 Å². The van der Waals surface area contributed by atoms with Crippen LogP contribution < -0.4 is 4.74 Å². The van der Waals surface area contributed by atoms with E-state index in [1.165, 1.54) is 11.3 Å². The number of ether oxygens (including phenoxy) is 1. The van der Waals surface area contributed by atoms with Crippen LogP contribution in [0.4, 0.5) is 0 Å². The summed E-state index contributed by atoms with van der Waals surface area (Å²) in [6.45, 7) is 4.12. The van der Waals surface area contributed by atoms with E-state index in [1.54, 1.807) is 12.5 Å². The van der Waals surface area contributed by atoms with Gasteiger partial charge in [0.1, 0.15) is 5.75 Å². The summed E-state index contributed by atoms with van der Waals surface area (Å²) in [7, 11) is 1.65. The number of nitrogens with zero attached hydrogens (tertiary/aromatic N) is 1. The lowest BCUT2D eigenvalue weighted by molar-refractivity contribution is 0.0691. The van der Waals surface area contributed by atoms with E-state index in [0.29, 0.717) is 0 Å². The van der Waals surface area contributed by atoms with Crippen molar-refractivity contribution in [2.45, 2.75) is 25.7 Å². The molecule has 0 spiro atoms. The van der Waals surface area contributed by atoms with Crippen molar-refractivity contribution in [2.24, 2.45) is 0 Å². The minimum Gasteiger partial charge on any atom is -0.496 e. The van der Waals surface area contributed by atoms with Crippen molar-refractivity contribution >= 4 is 17.3 Å². The summed E-state index contributed by atoms with van der Waals surface area (Å²) >= 11 is 1.38. The molecule has 1 heterocycles. The third-order valence-electron chi connectivity index (χ3n) is 3.13. The van der Waals surface area contributed by atoms with Crippen molar-refractivity contribution in [3.05, 3.63) is 45.9 Å². The SMILES string of the molecule is COc1ccccc1CC(C)(C)c1nc(C(=O)O)cs1. The van der Waals surface area contributed by atoms with Gasteiger partial charge in [0.05, 0.1) is 12.1 Å². The first kappa shape index (κ1) is 14.5. The largest absolute Gasteiger partial charge is 0.496 e. The van der Waals surface area contributed by atoms with Crippen LogP contribution in [0.3, 0.4) is 0 Å². The van der Waals surface area contributed by atoms with Gasteiger partial charge in [0.25, 0.3) is 0 Å². The van der Waals surface area contributed by atoms with Gasteiger partial charge in [-0.3, -0.25) is 0 Å². The van der Waals surface area contributed by atoms with Gasteiger partial charge >= 0.3 is 5.97 Å². The van der Waals surface area contributed by atoms with Gasteiger partial charge < -0.3 is 9.84 Å². The number of methoxy groups -OCH3 is 1. The molecule has 2 aromatic rings. The summed E-state index contributed by atoms with van der Waals surface area (Å²) in [4.78, 5) is 15.1. The highest BCUT2D eigenvalue weighted by Gasteiger charge is 2.27. The molecule has 0 unspecified atom stereocenters. The second-order valence-electron chi connectivity index (χ2n) is 5.22. The summed E-state index contributed by atoms with van der Waals surface area (Å²) in [6, 6.07) is 7.85. The monoisotopic (exact) mass is 291 g/mol. The normalized spacial score (nSPS) is 11.3. The Hall–Kier alpha value is -1.88. The third kappa shape index (κ3) is 2.99. The van der Waals surface area contributed by atoms with Crippen LogP contribution in [0.25, 0.3) is 0 Å². The Bertz CT molecular complexity index is 619. The van der Waals surface area contributed by atoms with Crippen LogP contribution in [0.15, 0.2) is 29.6 Å². The first-order valence-corrected chi connectivity index (χ1v) is 7.13. The van der Waals surface area contributed by atoms with Gasteiger partial charge in [0, 0.05) is 10.8 Å². The van der Waals surface area contributed by atoms with Crippen LogP contribution in [0, 0.1) is 0 Å². The van der Waals surface area contributed by atoms with Crippen molar-refractivity contribution in [2.75, 3.05) is 7.11 Å². The fourth-order valence-corrected chi connectivity index (χ4v) is 3.00. The first-order chi connectivity index (χ1) is 9.44. The molecule has 0 aliphatic rings. The molecule has 0 fully saturated rings. The molecule has 0 bridgehead atoms. The lowest BCUT2D eigenvalue weighted by Crippen LogP contribution is -2.21. The first-order valence-electron chi connectivity index (χ1n) is 6.25. The number of aromatic nitrogens is 1. The van der Waals surface area contributed by atoms with E-state index in [1.807, 2.05) is 24.3 Å². The van der Waals surface area contributed by atoms with Gasteiger partial charge in [-0.1, -0.05) is 32.0 Å². The Morgan fingerprint density at radius 3 is 2.70 bits per heavy atom. The molecule has 2 rings (SSSR count). The fourth-order valence-electron chi connectivity index (χ4n) is 2.08. The van der Waals surface area contributed by atoms with Gasteiger partial charge in [0.2, 0.25) is 0 Å². The number of aromatic carboxylic acids is 1. The molecule has 106 valence electrons. The molecule has 0 atom stereocenters. The molecule has 1 N–H and O–H groups in total. The molecular formula is C15H17NO3S. The molecule has 1 aromatic heterocycles. The highest BCUT2D eigenvalue weighted by Crippen LogP contribution is 2.33. The maximum Gasteiger partial charge on any atom is 0.355 e. The standard InChI is InChI=1S/C15H17NO3S/c1-15(2,14-16-11(9-20-14)13(17)18)8-10-6-4-5-7-12(10)19-3/h4-7,9H,8H2,1-3H3,(H,17,18). The highest BCUT2D eigenvalue weighted by atomic mass is 32.1. The van der Waals surface area contributed by atoms with Crippen LogP contribution in [-0.4, -0.2) is 23.2 Å². The topological polar surface area (TPSA) is 59.4 Å². The average molecular weight is 291 g/mol. The number of benzene rings is 1. The number of rotatable bonds is 5. The van der Waals surface area contributed by atoms with Gasteiger partial charge in [-0.05, 0) is 18.1 Å². The van der Waals surface area contributed by atoms with Gasteiger partial charge in [-0.15, -0.1) is 11.3 Å². The van der Waals surface area contributed by atoms with E-state index in [0.717, 1.165) is 22.7 Å². The van der Waals surface area contributed by atoms with Crippen molar-refractivity contribution in [3.63, 3.8) is 0 Å². The summed E-state index contributed by atoms with van der Waals surface area (Å²) in [5, 5.41) is 11.4. The zero-order valence-corrected chi connectivity index (χ0v) is 12.5. The lowest BCUT2D eigenvalue weighted by Gasteiger charge is -2.23. The van der Waals surface area contributed by atoms with E-state index in [2.05, 4.69) is 18.8 Å². The number of carboxylic acids is 1. The molecule has 5 heteroatoms. The summed E-state index contributed by atoms with van der Waals surface area (Å²) < 4.78 is 5.36. The van der Waals surface area contributed by atoms with Crippen LogP contribution in [0.5, 0.6) is 5.75 Å². The summed E-state index contributed by atoms with van der Waals surface area (Å²) in [5.41, 5.74) is 0.956. The van der Waals surface area contributed by atoms with E-state index in [9.17, 15) is 4.79 Å². The van der Waals surface area contributed by atoms with Crippen LogP contribution >= 0.6 is 11.3 Å². The smallest absolute Gasteiger partial charge is 0.355 e. The van der Waals surface area contributed by atoms with Crippen LogP contribution in [0.2, 0.25) is 0 Å². The van der Waals surface area contributed by atoms with E-state index in [4.69, 9.17) is 9.84 Å². The van der Waals surface area contributed by atoms with Gasteiger partial charge in [0.15, 0.2) is 5.69 Å². The number of carbonyl (C=O) groups is 1. The zero-order valence-electron chi connectivity index (χ0n) is 11.7. The Kier molecular flexibility index (Phi) is 4.09. The molecular weight excluding hydrogens is 274 g/mol. The molecule has 1 aromatic carbocycles. The van der Waals surface area contributed by atoms with Crippen LogP contribution in [0.1, 0.15) is 34.9 Å². The minimum atomic E-state index is -0.986. The molecule has 0 aliphatic heterocycles. The molecule has 20 heavy (non-hydrogen) atoms. The van der Waals surface area contributed by atoms with Gasteiger partial charge in [-0.25, -0.2) is 9.78 Å². The Labute approximate surface area is 122 Å². The third-order valence-corrected chi connectivity index (χ3v) is 4.34.